The summed E-state index contributed by atoms with van der Waals surface area (Å²) in [7, 11) is 0. The molecule has 1 atom stereocenters. The van der Waals surface area contributed by atoms with Crippen LogP contribution in [0.5, 0.6) is 0 Å². The van der Waals surface area contributed by atoms with Crippen molar-refractivity contribution in [1.29, 1.82) is 0 Å². The Kier molecular flexibility index (Phi) is 3.14. The summed E-state index contributed by atoms with van der Waals surface area (Å²) in [4.78, 5) is 13.6. The molecule has 1 unspecified atom stereocenters. The van der Waals surface area contributed by atoms with Crippen LogP contribution in [0.3, 0.4) is 0 Å². The molecule has 4 heteroatoms. The molecule has 25 heavy (non-hydrogen) atoms. The Bertz CT molecular complexity index is 928. The van der Waals surface area contributed by atoms with Gasteiger partial charge in [0.25, 0.3) is 5.91 Å². The summed E-state index contributed by atoms with van der Waals surface area (Å²) in [6.07, 6.45) is 0. The smallest absolute Gasteiger partial charge is 0.279 e. The number of hydrogen-bond acceptors (Lipinski definition) is 3. The molecule has 0 radical (unpaired) electrons. The maximum atomic E-state index is 13.6. The Morgan fingerprint density at radius 1 is 1.00 bits per heavy atom. The van der Waals surface area contributed by atoms with Gasteiger partial charge in [-0.2, -0.15) is 10.1 Å². The lowest BCUT2D eigenvalue weighted by Crippen LogP contribution is -2.60. The van der Waals surface area contributed by atoms with Gasteiger partial charge in [0.15, 0.2) is 5.54 Å². The van der Waals surface area contributed by atoms with E-state index in [1.165, 1.54) is 5.56 Å². The Labute approximate surface area is 148 Å². The van der Waals surface area contributed by atoms with Gasteiger partial charge >= 0.3 is 0 Å². The van der Waals surface area contributed by atoms with Crippen molar-refractivity contribution in [1.82, 2.24) is 0 Å². The predicted molar refractivity (Wildman–Crippen MR) is 102 cm³/mol. The third-order valence-corrected chi connectivity index (χ3v) is 5.90. The van der Waals surface area contributed by atoms with E-state index in [9.17, 15) is 4.79 Å². The summed E-state index contributed by atoms with van der Waals surface area (Å²) >= 11 is 0. The van der Waals surface area contributed by atoms with Crippen LogP contribution in [0.25, 0.3) is 0 Å². The third kappa shape index (κ3) is 1.88. The van der Waals surface area contributed by atoms with Crippen molar-refractivity contribution in [3.05, 3.63) is 59.2 Å². The fraction of sp³-hybridized carbons (Fsp3) is 0.333. The van der Waals surface area contributed by atoms with E-state index in [2.05, 4.69) is 44.2 Å². The molecule has 4 rings (SSSR count). The van der Waals surface area contributed by atoms with Crippen molar-refractivity contribution < 1.29 is 4.79 Å². The van der Waals surface area contributed by atoms with E-state index in [-0.39, 0.29) is 11.3 Å². The van der Waals surface area contributed by atoms with Crippen molar-refractivity contribution in [2.75, 3.05) is 10.3 Å². The predicted octanol–water partition coefficient (Wildman–Crippen LogP) is 4.17. The lowest BCUT2D eigenvalue weighted by atomic mass is 9.68. The molecule has 4 nitrogen and oxygen atoms in total. The summed E-state index contributed by atoms with van der Waals surface area (Å²) in [5.41, 5.74) is 4.92. The van der Waals surface area contributed by atoms with E-state index in [1.807, 2.05) is 43.3 Å². The van der Waals surface area contributed by atoms with E-state index >= 15 is 0 Å². The molecule has 0 saturated carbocycles. The lowest BCUT2D eigenvalue weighted by molar-refractivity contribution is -0.121. The largest absolute Gasteiger partial charge is 0.366 e. The van der Waals surface area contributed by atoms with E-state index < -0.39 is 5.54 Å². The van der Waals surface area contributed by atoms with E-state index in [0.29, 0.717) is 0 Å². The summed E-state index contributed by atoms with van der Waals surface area (Å²) in [5.74, 6) is -0.0190. The number of aryl methyl sites for hydroxylation is 2. The van der Waals surface area contributed by atoms with Crippen molar-refractivity contribution in [3.8, 4) is 0 Å². The highest BCUT2D eigenvalue weighted by Crippen LogP contribution is 2.51. The number of hydrogen-bond donors (Lipinski definition) is 1. The number of para-hydroxylation sites is 1. The zero-order chi connectivity index (χ0) is 18.0. The number of benzene rings is 2. The Balaban J connectivity index is 1.83. The number of rotatable bonds is 1. The minimum Gasteiger partial charge on any atom is -0.366 e. The topological polar surface area (TPSA) is 44.7 Å². The lowest BCUT2D eigenvalue weighted by Gasteiger charge is -2.37. The van der Waals surface area contributed by atoms with Gasteiger partial charge in [0.2, 0.25) is 0 Å². The van der Waals surface area contributed by atoms with Gasteiger partial charge in [-0.3, -0.25) is 4.79 Å². The zero-order valence-corrected chi connectivity index (χ0v) is 15.3. The third-order valence-electron chi connectivity index (χ3n) is 5.90. The minimum atomic E-state index is -0.838. The summed E-state index contributed by atoms with van der Waals surface area (Å²) in [6.45, 7) is 10.3. The first-order valence-electron chi connectivity index (χ1n) is 8.64. The van der Waals surface area contributed by atoms with Gasteiger partial charge in [-0.25, -0.2) is 0 Å². The molecule has 2 aromatic carbocycles. The highest BCUT2D eigenvalue weighted by molar-refractivity contribution is 6.26. The van der Waals surface area contributed by atoms with Crippen LogP contribution in [0.4, 0.5) is 11.4 Å². The fourth-order valence-corrected chi connectivity index (χ4v) is 4.18. The molecule has 2 aliphatic rings. The highest BCUT2D eigenvalue weighted by Gasteiger charge is 2.63. The molecule has 2 aliphatic heterocycles. The molecular formula is C21H23N3O. The number of amides is 1. The molecule has 1 amide bonds. The number of carbonyl (C=O) groups is 1. The zero-order valence-electron chi connectivity index (χ0n) is 15.3. The average molecular weight is 333 g/mol. The number of fused-ring (bicyclic) bond motifs is 1. The average Bonchev–Trinajstić information content (AvgIpc) is 2.97. The molecule has 128 valence electrons. The SMILES string of the molecule is CC1=NN(c2ccc(C)c(C)c2)C(=O)C12Nc1ccccc1C2(C)C. The van der Waals surface area contributed by atoms with Crippen molar-refractivity contribution in [2.24, 2.45) is 5.10 Å². The standard InChI is InChI=1S/C21H23N3O/c1-13-10-11-16(12-14(13)2)24-19(25)21(15(3)23-24)20(4,5)17-8-6-7-9-18(17)22-21/h6-12,22H,1-5H3. The first kappa shape index (κ1) is 15.9. The van der Waals surface area contributed by atoms with Crippen molar-refractivity contribution >= 4 is 23.0 Å². The molecule has 0 fully saturated rings. The second-order valence-corrected chi connectivity index (χ2v) is 7.62. The summed E-state index contributed by atoms with van der Waals surface area (Å²) < 4.78 is 0. The molecule has 2 heterocycles. The second kappa shape index (κ2) is 4.94. The first-order chi connectivity index (χ1) is 11.8. The molecule has 0 aromatic heterocycles. The Hall–Kier alpha value is -2.62. The molecule has 0 bridgehead atoms. The minimum absolute atomic E-state index is 0.0190. The van der Waals surface area contributed by atoms with Crippen LogP contribution in [0.15, 0.2) is 47.6 Å². The van der Waals surface area contributed by atoms with Gasteiger partial charge in [-0.15, -0.1) is 0 Å². The molecule has 1 N–H and O–H groups in total. The maximum Gasteiger partial charge on any atom is 0.279 e. The van der Waals surface area contributed by atoms with Crippen LogP contribution in [-0.2, 0) is 10.2 Å². The van der Waals surface area contributed by atoms with Crippen LogP contribution < -0.4 is 10.3 Å². The first-order valence-corrected chi connectivity index (χ1v) is 8.64. The monoisotopic (exact) mass is 333 g/mol. The van der Waals surface area contributed by atoms with Gasteiger partial charge in [0, 0.05) is 11.1 Å². The maximum absolute atomic E-state index is 13.6. The Morgan fingerprint density at radius 2 is 1.72 bits per heavy atom. The van der Waals surface area contributed by atoms with Crippen LogP contribution in [0, 0.1) is 13.8 Å². The van der Waals surface area contributed by atoms with Crippen molar-refractivity contribution in [2.45, 2.75) is 45.6 Å². The van der Waals surface area contributed by atoms with Gasteiger partial charge in [0.05, 0.1) is 11.4 Å². The van der Waals surface area contributed by atoms with Gasteiger partial charge in [-0.05, 0) is 55.7 Å². The second-order valence-electron chi connectivity index (χ2n) is 7.62. The van der Waals surface area contributed by atoms with Crippen molar-refractivity contribution in [3.63, 3.8) is 0 Å². The number of anilines is 2. The summed E-state index contributed by atoms with van der Waals surface area (Å²) in [6, 6.07) is 14.2. The Morgan fingerprint density at radius 3 is 2.40 bits per heavy atom. The van der Waals surface area contributed by atoms with Gasteiger partial charge in [-0.1, -0.05) is 38.1 Å². The van der Waals surface area contributed by atoms with E-state index in [0.717, 1.165) is 28.2 Å². The summed E-state index contributed by atoms with van der Waals surface area (Å²) in [5, 5.41) is 9.72. The van der Waals surface area contributed by atoms with Gasteiger partial charge in [0.1, 0.15) is 0 Å². The highest BCUT2D eigenvalue weighted by atomic mass is 16.2. The number of nitrogens with zero attached hydrogens (tertiary/aromatic N) is 2. The van der Waals surface area contributed by atoms with Gasteiger partial charge < -0.3 is 5.32 Å². The van der Waals surface area contributed by atoms with Crippen LogP contribution in [0.2, 0.25) is 0 Å². The number of hydrazone groups is 1. The molecule has 2 aromatic rings. The van der Waals surface area contributed by atoms with Crippen LogP contribution in [0.1, 0.15) is 37.5 Å². The van der Waals surface area contributed by atoms with E-state index in [4.69, 9.17) is 0 Å². The molecular weight excluding hydrogens is 310 g/mol. The van der Waals surface area contributed by atoms with Crippen LogP contribution in [-0.4, -0.2) is 17.2 Å². The number of carbonyl (C=O) groups excluding carboxylic acids is 1. The van der Waals surface area contributed by atoms with E-state index in [1.54, 1.807) is 5.01 Å². The quantitative estimate of drug-likeness (QED) is 0.851. The molecule has 1 spiro atoms. The van der Waals surface area contributed by atoms with Crippen LogP contribution >= 0.6 is 0 Å². The normalized spacial score (nSPS) is 23.6. The molecule has 0 saturated heterocycles. The number of nitrogens with one attached hydrogen (secondary N) is 1. The fourth-order valence-electron chi connectivity index (χ4n) is 4.18. The molecule has 0 aliphatic carbocycles.